The van der Waals surface area contributed by atoms with E-state index in [9.17, 15) is 15.2 Å². The number of nitro groups is 1. The summed E-state index contributed by atoms with van der Waals surface area (Å²) in [4.78, 5) is 15.4. The first-order valence-corrected chi connectivity index (χ1v) is 8.10. The molecule has 0 aromatic heterocycles. The molecular weight excluding hydrogens is 298 g/mol. The van der Waals surface area contributed by atoms with Gasteiger partial charge in [-0.15, -0.1) is 0 Å². The monoisotopic (exact) mass is 321 g/mol. The van der Waals surface area contributed by atoms with E-state index in [1.807, 2.05) is 0 Å². The fourth-order valence-electron chi connectivity index (χ4n) is 3.34. The molecule has 0 bridgehead atoms. The smallest absolute Gasteiger partial charge is 0.292 e. The zero-order valence-electron chi connectivity index (χ0n) is 13.2. The van der Waals surface area contributed by atoms with Crippen LogP contribution in [0.25, 0.3) is 0 Å². The first-order valence-electron chi connectivity index (χ1n) is 8.10. The number of benzene rings is 1. The van der Waals surface area contributed by atoms with E-state index in [1.54, 1.807) is 12.1 Å². The Hall–Kier alpha value is -1.70. The van der Waals surface area contributed by atoms with Gasteiger partial charge in [0, 0.05) is 45.4 Å². The van der Waals surface area contributed by atoms with Gasteiger partial charge in [-0.1, -0.05) is 0 Å². The Balaban J connectivity index is 1.65. The quantitative estimate of drug-likeness (QED) is 0.649. The van der Waals surface area contributed by atoms with Crippen LogP contribution >= 0.6 is 0 Å². The van der Waals surface area contributed by atoms with Crippen LogP contribution < -0.4 is 4.90 Å². The first-order chi connectivity index (χ1) is 11.2. The summed E-state index contributed by atoms with van der Waals surface area (Å²) >= 11 is 0. The number of piperazine rings is 1. The van der Waals surface area contributed by atoms with Crippen molar-refractivity contribution in [3.63, 3.8) is 0 Å². The van der Waals surface area contributed by atoms with Gasteiger partial charge < -0.3 is 14.7 Å². The fourth-order valence-corrected chi connectivity index (χ4v) is 3.34. The fraction of sp³-hybridized carbons (Fsp3) is 0.625. The summed E-state index contributed by atoms with van der Waals surface area (Å²) in [6.45, 7) is 5.99. The minimum atomic E-state index is -0.348. The lowest BCUT2D eigenvalue weighted by molar-refractivity contribution is -0.384. The summed E-state index contributed by atoms with van der Waals surface area (Å²) in [6.07, 6.45) is 1.13. The topological polar surface area (TPSA) is 79.1 Å². The van der Waals surface area contributed by atoms with Gasteiger partial charge in [-0.2, -0.15) is 0 Å². The second-order valence-corrected chi connectivity index (χ2v) is 6.26. The van der Waals surface area contributed by atoms with E-state index in [0.29, 0.717) is 17.2 Å². The largest absolute Gasteiger partial charge is 0.392 e. The van der Waals surface area contributed by atoms with E-state index in [0.717, 1.165) is 52.4 Å². The highest BCUT2D eigenvalue weighted by Gasteiger charge is 2.26. The van der Waals surface area contributed by atoms with Gasteiger partial charge in [0.05, 0.1) is 18.1 Å². The summed E-state index contributed by atoms with van der Waals surface area (Å²) in [7, 11) is 0. The highest BCUT2D eigenvalue weighted by atomic mass is 16.6. The van der Waals surface area contributed by atoms with Gasteiger partial charge in [0.1, 0.15) is 5.69 Å². The maximum Gasteiger partial charge on any atom is 0.292 e. The molecule has 0 spiro atoms. The third-order valence-electron chi connectivity index (χ3n) is 4.67. The van der Waals surface area contributed by atoms with Crippen LogP contribution in [-0.2, 0) is 11.3 Å². The van der Waals surface area contributed by atoms with Crippen LogP contribution in [0.15, 0.2) is 18.2 Å². The van der Waals surface area contributed by atoms with E-state index in [1.165, 1.54) is 6.07 Å². The second kappa shape index (κ2) is 7.25. The molecule has 3 rings (SSSR count). The summed E-state index contributed by atoms with van der Waals surface area (Å²) < 4.78 is 5.42. The van der Waals surface area contributed by atoms with Crippen LogP contribution in [-0.4, -0.2) is 60.9 Å². The average molecular weight is 321 g/mol. The molecule has 1 unspecified atom stereocenters. The highest BCUT2D eigenvalue weighted by molar-refractivity contribution is 5.64. The van der Waals surface area contributed by atoms with Gasteiger partial charge in [-0.3, -0.25) is 15.0 Å². The maximum absolute atomic E-state index is 11.3. The summed E-state index contributed by atoms with van der Waals surface area (Å²) in [5, 5.41) is 20.5. The highest BCUT2D eigenvalue weighted by Crippen LogP contribution is 2.30. The van der Waals surface area contributed by atoms with Crippen molar-refractivity contribution in [2.45, 2.75) is 13.0 Å². The summed E-state index contributed by atoms with van der Waals surface area (Å²) in [5.74, 6) is 0.619. The van der Waals surface area contributed by atoms with Gasteiger partial charge in [0.2, 0.25) is 0 Å². The van der Waals surface area contributed by atoms with Gasteiger partial charge in [0.25, 0.3) is 5.69 Å². The molecule has 1 atom stereocenters. The van der Waals surface area contributed by atoms with E-state index in [-0.39, 0.29) is 17.2 Å². The molecule has 2 aliphatic rings. The number of hydrogen-bond donors (Lipinski definition) is 1. The zero-order chi connectivity index (χ0) is 16.2. The Morgan fingerprint density at radius 2 is 2.09 bits per heavy atom. The molecule has 0 amide bonds. The van der Waals surface area contributed by atoms with E-state index >= 15 is 0 Å². The third-order valence-corrected chi connectivity index (χ3v) is 4.67. The summed E-state index contributed by atoms with van der Waals surface area (Å²) in [6, 6.07) is 4.83. The summed E-state index contributed by atoms with van der Waals surface area (Å²) in [5.41, 5.74) is 1.43. The van der Waals surface area contributed by atoms with E-state index in [2.05, 4.69) is 9.80 Å². The van der Waals surface area contributed by atoms with Crippen molar-refractivity contribution in [1.29, 1.82) is 0 Å². The van der Waals surface area contributed by atoms with Crippen molar-refractivity contribution in [2.24, 2.45) is 5.92 Å². The van der Waals surface area contributed by atoms with Crippen molar-refractivity contribution < 1.29 is 14.8 Å². The normalized spacial score (nSPS) is 22.5. The Morgan fingerprint density at radius 1 is 1.30 bits per heavy atom. The second-order valence-electron chi connectivity index (χ2n) is 6.26. The molecule has 2 fully saturated rings. The molecule has 0 aliphatic carbocycles. The Labute approximate surface area is 135 Å². The van der Waals surface area contributed by atoms with Crippen LogP contribution in [0.1, 0.15) is 12.0 Å². The van der Waals surface area contributed by atoms with E-state index in [4.69, 9.17) is 4.74 Å². The van der Waals surface area contributed by atoms with Crippen LogP contribution in [0.4, 0.5) is 11.4 Å². The number of anilines is 1. The van der Waals surface area contributed by atoms with Gasteiger partial charge in [-0.25, -0.2) is 0 Å². The third kappa shape index (κ3) is 3.80. The number of hydrogen-bond acceptors (Lipinski definition) is 6. The molecule has 2 heterocycles. The van der Waals surface area contributed by atoms with Gasteiger partial charge in [-0.05, 0) is 30.0 Å². The molecule has 2 saturated heterocycles. The molecule has 126 valence electrons. The molecule has 0 radical (unpaired) electrons. The number of aliphatic hydroxyl groups is 1. The Bertz CT molecular complexity index is 552. The SMILES string of the molecule is O=[N+]([O-])c1ccc(CO)cc1N1CCN(CC2CCOC2)CC1. The molecule has 1 aromatic rings. The van der Waals surface area contributed by atoms with E-state index < -0.39 is 0 Å². The van der Waals surface area contributed by atoms with Crippen LogP contribution in [0.5, 0.6) is 0 Å². The standard InChI is InChI=1S/C16H23N3O4/c20-11-13-1-2-15(19(21)22)16(9-13)18-6-4-17(5-7-18)10-14-3-8-23-12-14/h1-2,9,14,20H,3-8,10-12H2. The molecule has 1 N–H and O–H groups in total. The van der Waals surface area contributed by atoms with Gasteiger partial charge >= 0.3 is 0 Å². The van der Waals surface area contributed by atoms with Crippen molar-refractivity contribution in [3.05, 3.63) is 33.9 Å². The number of nitrogens with zero attached hydrogens (tertiary/aromatic N) is 3. The van der Waals surface area contributed by atoms with Crippen molar-refractivity contribution in [3.8, 4) is 0 Å². The van der Waals surface area contributed by atoms with Crippen molar-refractivity contribution in [2.75, 3.05) is 50.8 Å². The van der Waals surface area contributed by atoms with Crippen LogP contribution in [0, 0.1) is 16.0 Å². The van der Waals surface area contributed by atoms with Crippen LogP contribution in [0.3, 0.4) is 0 Å². The lowest BCUT2D eigenvalue weighted by atomic mass is 10.1. The zero-order valence-corrected chi connectivity index (χ0v) is 13.2. The molecule has 1 aromatic carbocycles. The number of ether oxygens (including phenoxy) is 1. The molecule has 0 saturated carbocycles. The number of rotatable bonds is 5. The van der Waals surface area contributed by atoms with Crippen molar-refractivity contribution in [1.82, 2.24) is 4.90 Å². The lowest BCUT2D eigenvalue weighted by Crippen LogP contribution is -2.48. The molecule has 7 nitrogen and oxygen atoms in total. The first kappa shape index (κ1) is 16.2. The Kier molecular flexibility index (Phi) is 5.09. The lowest BCUT2D eigenvalue weighted by Gasteiger charge is -2.36. The number of nitro benzene ring substituents is 1. The molecule has 7 heteroatoms. The average Bonchev–Trinajstić information content (AvgIpc) is 3.08. The van der Waals surface area contributed by atoms with Crippen LogP contribution in [0.2, 0.25) is 0 Å². The van der Waals surface area contributed by atoms with Gasteiger partial charge in [0.15, 0.2) is 0 Å². The predicted molar refractivity (Wildman–Crippen MR) is 86.6 cm³/mol. The molecular formula is C16H23N3O4. The minimum Gasteiger partial charge on any atom is -0.392 e. The predicted octanol–water partition coefficient (Wildman–Crippen LogP) is 1.25. The maximum atomic E-state index is 11.3. The number of aliphatic hydroxyl groups excluding tert-OH is 1. The van der Waals surface area contributed by atoms with Crippen molar-refractivity contribution >= 4 is 11.4 Å². The Morgan fingerprint density at radius 3 is 2.70 bits per heavy atom. The minimum absolute atomic E-state index is 0.105. The molecule has 2 aliphatic heterocycles. The molecule has 23 heavy (non-hydrogen) atoms.